The maximum atomic E-state index is 13.1. The highest BCUT2D eigenvalue weighted by atomic mass is 35.5. The average molecular weight is 537 g/mol. The van der Waals surface area contributed by atoms with Crippen LogP contribution in [-0.4, -0.2) is 43.7 Å². The van der Waals surface area contributed by atoms with Gasteiger partial charge in [0.05, 0.1) is 33.6 Å². The van der Waals surface area contributed by atoms with Gasteiger partial charge in [0.25, 0.3) is 0 Å². The first-order chi connectivity index (χ1) is 18.4. The number of rotatable bonds is 12. The third-order valence-electron chi connectivity index (χ3n) is 6.95. The Morgan fingerprint density at radius 2 is 1.71 bits per heavy atom. The summed E-state index contributed by atoms with van der Waals surface area (Å²) in [5, 5.41) is 0.359. The average Bonchev–Trinajstić information content (AvgIpc) is 3.27. The van der Waals surface area contributed by atoms with E-state index < -0.39 is 0 Å². The van der Waals surface area contributed by atoms with Crippen LogP contribution >= 0.6 is 11.6 Å². The molecule has 0 aliphatic carbocycles. The van der Waals surface area contributed by atoms with E-state index in [-0.39, 0.29) is 4.48 Å². The van der Waals surface area contributed by atoms with Gasteiger partial charge >= 0.3 is 6.41 Å². The molecule has 2 aromatic heterocycles. The van der Waals surface area contributed by atoms with E-state index in [4.69, 9.17) is 30.8 Å². The Bertz CT molecular complexity index is 1420. The van der Waals surface area contributed by atoms with Gasteiger partial charge in [-0.3, -0.25) is 0 Å². The summed E-state index contributed by atoms with van der Waals surface area (Å²) in [5.74, 6) is 2.12. The van der Waals surface area contributed by atoms with Gasteiger partial charge in [0, 0.05) is 24.2 Å². The van der Waals surface area contributed by atoms with E-state index in [0.29, 0.717) is 47.6 Å². The molecule has 200 valence electrons. The highest BCUT2D eigenvalue weighted by molar-refractivity contribution is 6.35. The molecule has 2 aromatic carbocycles. The quantitative estimate of drug-likeness (QED) is 0.157. The van der Waals surface area contributed by atoms with Gasteiger partial charge < -0.3 is 18.6 Å². The number of carbonyl (C=O) groups excluding carboxylic acids is 1. The molecule has 4 rings (SSSR count). The Morgan fingerprint density at radius 1 is 0.974 bits per heavy atom. The van der Waals surface area contributed by atoms with Crippen molar-refractivity contribution in [2.45, 2.75) is 33.2 Å². The maximum Gasteiger partial charge on any atom is 0.306 e. The van der Waals surface area contributed by atoms with Crippen molar-refractivity contribution in [2.75, 3.05) is 27.9 Å². The van der Waals surface area contributed by atoms with Crippen molar-refractivity contribution in [1.29, 1.82) is 0 Å². The van der Waals surface area contributed by atoms with Crippen LogP contribution in [0.1, 0.15) is 37.2 Å². The number of benzene rings is 2. The van der Waals surface area contributed by atoms with Gasteiger partial charge in [-0.25, -0.2) is 14.3 Å². The second-order valence-corrected chi connectivity index (χ2v) is 10.1. The minimum atomic E-state index is -0.0276. The zero-order valence-corrected chi connectivity index (χ0v) is 23.4. The van der Waals surface area contributed by atoms with Crippen molar-refractivity contribution in [3.63, 3.8) is 0 Å². The second kappa shape index (κ2) is 11.9. The van der Waals surface area contributed by atoms with E-state index in [0.717, 1.165) is 41.2 Å². The summed E-state index contributed by atoms with van der Waals surface area (Å²) in [7, 11) is 4.79. The predicted octanol–water partition coefficient (Wildman–Crippen LogP) is 6.31. The number of pyridine rings is 1. The molecule has 1 unspecified atom stereocenters. The maximum absolute atomic E-state index is 13.1. The summed E-state index contributed by atoms with van der Waals surface area (Å²) in [6.07, 6.45) is 4.39. The molecule has 0 N–H and O–H groups in total. The van der Waals surface area contributed by atoms with Crippen LogP contribution in [0.3, 0.4) is 0 Å². The number of halogens is 1. The zero-order valence-electron chi connectivity index (χ0n) is 22.6. The van der Waals surface area contributed by atoms with Gasteiger partial charge in [0.2, 0.25) is 0 Å². The van der Waals surface area contributed by atoms with Crippen molar-refractivity contribution in [3.8, 4) is 17.2 Å². The molecule has 38 heavy (non-hydrogen) atoms. The Balaban J connectivity index is 1.89. The molecule has 1 amide bonds. The van der Waals surface area contributed by atoms with Crippen LogP contribution in [-0.2, 0) is 17.8 Å². The summed E-state index contributed by atoms with van der Waals surface area (Å²) < 4.78 is 18.7. The smallest absolute Gasteiger partial charge is 0.306 e. The van der Waals surface area contributed by atoms with Crippen molar-refractivity contribution in [2.24, 2.45) is 5.92 Å². The summed E-state index contributed by atoms with van der Waals surface area (Å²) in [5.41, 5.74) is 4.33. The Morgan fingerprint density at radius 3 is 2.39 bits per heavy atom. The van der Waals surface area contributed by atoms with E-state index in [2.05, 4.69) is 24.3 Å². The fraction of sp³-hybridized carbons (Fsp3) is 0.333. The van der Waals surface area contributed by atoms with Gasteiger partial charge in [0.1, 0.15) is 28.7 Å². The lowest BCUT2D eigenvalue weighted by atomic mass is 10.0. The molecular formula is C30H35ClN3O4+. The van der Waals surface area contributed by atoms with Gasteiger partial charge in [0.15, 0.2) is 17.2 Å². The number of nitrogens with zero attached hydrogens (tertiary/aromatic N) is 3. The number of amides is 1. The van der Waals surface area contributed by atoms with E-state index in [9.17, 15) is 4.79 Å². The second-order valence-electron chi connectivity index (χ2n) is 9.76. The van der Waals surface area contributed by atoms with Crippen LogP contribution in [0.15, 0.2) is 60.8 Å². The van der Waals surface area contributed by atoms with E-state index >= 15 is 0 Å². The number of hydrogen-bond donors (Lipinski definition) is 0. The molecule has 0 aliphatic rings. The number of para-hydroxylation sites is 1. The molecule has 7 nitrogen and oxygen atoms in total. The van der Waals surface area contributed by atoms with Crippen LogP contribution in [0.4, 0.5) is 5.69 Å². The first-order valence-electron chi connectivity index (χ1n) is 12.7. The summed E-state index contributed by atoms with van der Waals surface area (Å²) >= 11 is 6.90. The normalized spacial score (nSPS) is 12.9. The lowest BCUT2D eigenvalue weighted by Crippen LogP contribution is -2.49. The molecule has 0 saturated heterocycles. The van der Waals surface area contributed by atoms with Crippen LogP contribution in [0.25, 0.3) is 5.65 Å². The van der Waals surface area contributed by atoms with Gasteiger partial charge in [-0.05, 0) is 36.6 Å². The molecule has 0 bridgehead atoms. The van der Waals surface area contributed by atoms with E-state index in [1.807, 2.05) is 48.7 Å². The van der Waals surface area contributed by atoms with E-state index in [1.165, 1.54) is 0 Å². The number of fused-ring (bicyclic) bond motifs is 1. The van der Waals surface area contributed by atoms with Gasteiger partial charge in [-0.1, -0.05) is 49.7 Å². The SMILES string of the molecule is COc1ccccc1Cc1c(C[N+](C=O)(CCC(C)C)c2ccc(OC)c(OC)c2Cl)nc2ccccn12. The molecule has 2 heterocycles. The number of imidazole rings is 1. The third-order valence-corrected chi connectivity index (χ3v) is 7.31. The predicted molar refractivity (Wildman–Crippen MR) is 151 cm³/mol. The Hall–Kier alpha value is -3.55. The lowest BCUT2D eigenvalue weighted by Gasteiger charge is -2.33. The van der Waals surface area contributed by atoms with Crippen LogP contribution < -0.4 is 18.7 Å². The van der Waals surface area contributed by atoms with Crippen molar-refractivity contribution in [3.05, 3.63) is 82.8 Å². The highest BCUT2D eigenvalue weighted by Gasteiger charge is 2.37. The number of hydrogen-bond acceptors (Lipinski definition) is 5. The summed E-state index contributed by atoms with van der Waals surface area (Å²) in [6, 6.07) is 17.5. The standard InChI is InChI=1S/C30H35ClN3O4/c1-21(2)15-17-34(20-35,25-13-14-27(37-4)30(38-5)29(25)31)19-23-24(33-16-9-8-12-28(33)32-23)18-22-10-6-7-11-26(22)36-3/h6-14,16,20-21H,15,17-19H2,1-5H3/q+1. The number of ether oxygens (including phenoxy) is 3. The number of quaternary nitrogens is 1. The molecule has 0 spiro atoms. The van der Waals surface area contributed by atoms with Crippen LogP contribution in [0.2, 0.25) is 5.02 Å². The summed E-state index contributed by atoms with van der Waals surface area (Å²) in [6.45, 7) is 5.18. The Labute approximate surface area is 229 Å². The minimum Gasteiger partial charge on any atom is -0.496 e. The molecule has 1 atom stereocenters. The van der Waals surface area contributed by atoms with Crippen LogP contribution in [0.5, 0.6) is 17.2 Å². The minimum absolute atomic E-state index is 0.0276. The largest absolute Gasteiger partial charge is 0.496 e. The molecule has 0 fully saturated rings. The number of carbonyl (C=O) groups is 1. The van der Waals surface area contributed by atoms with Crippen molar-refractivity contribution in [1.82, 2.24) is 13.9 Å². The Kier molecular flexibility index (Phi) is 8.59. The fourth-order valence-corrected chi connectivity index (χ4v) is 5.25. The van der Waals surface area contributed by atoms with Gasteiger partial charge in [-0.15, -0.1) is 0 Å². The molecule has 8 heteroatoms. The first kappa shape index (κ1) is 27.5. The number of methoxy groups -OCH3 is 3. The van der Waals surface area contributed by atoms with Crippen LogP contribution in [0, 0.1) is 5.92 Å². The monoisotopic (exact) mass is 536 g/mol. The zero-order chi connectivity index (χ0) is 27.3. The molecule has 0 radical (unpaired) electrons. The molecule has 0 saturated carbocycles. The topological polar surface area (TPSA) is 62.1 Å². The first-order valence-corrected chi connectivity index (χ1v) is 13.1. The van der Waals surface area contributed by atoms with Crippen molar-refractivity contribution >= 4 is 29.3 Å². The van der Waals surface area contributed by atoms with E-state index in [1.54, 1.807) is 27.4 Å². The third kappa shape index (κ3) is 5.35. The lowest BCUT2D eigenvalue weighted by molar-refractivity contribution is -0.118. The fourth-order valence-electron chi connectivity index (χ4n) is 4.85. The molecule has 4 aromatic rings. The van der Waals surface area contributed by atoms with Crippen molar-refractivity contribution < 1.29 is 19.0 Å². The molecular weight excluding hydrogens is 502 g/mol. The number of aromatic nitrogens is 2. The summed E-state index contributed by atoms with van der Waals surface area (Å²) in [4.78, 5) is 18.1. The van der Waals surface area contributed by atoms with Gasteiger partial charge in [-0.2, -0.15) is 0 Å². The molecule has 0 aliphatic heterocycles. The highest BCUT2D eigenvalue weighted by Crippen LogP contribution is 2.44.